The smallest absolute Gasteiger partial charge is 0.164 e. The Bertz CT molecular complexity index is 1350. The van der Waals surface area contributed by atoms with Crippen LogP contribution in [0.2, 0.25) is 0 Å². The fraction of sp³-hybridized carbons (Fsp3) is 0. The van der Waals surface area contributed by atoms with Gasteiger partial charge in [0.05, 0.1) is 11.6 Å². The van der Waals surface area contributed by atoms with Crippen LogP contribution in [0, 0.1) is 11.3 Å². The Morgan fingerprint density at radius 1 is 0.469 bits per heavy atom. The van der Waals surface area contributed by atoms with Crippen molar-refractivity contribution in [1.29, 1.82) is 5.26 Å². The summed E-state index contributed by atoms with van der Waals surface area (Å²) in [6.45, 7) is 0. The van der Waals surface area contributed by atoms with Crippen molar-refractivity contribution in [3.63, 3.8) is 0 Å². The van der Waals surface area contributed by atoms with E-state index in [4.69, 9.17) is 15.0 Å². The van der Waals surface area contributed by atoms with Crippen LogP contribution in [0.1, 0.15) is 5.56 Å². The van der Waals surface area contributed by atoms with Crippen molar-refractivity contribution in [3.05, 3.63) is 115 Å². The van der Waals surface area contributed by atoms with Crippen molar-refractivity contribution >= 4 is 0 Å². The zero-order valence-electron chi connectivity index (χ0n) is 17.2. The van der Waals surface area contributed by atoms with E-state index < -0.39 is 0 Å². The quantitative estimate of drug-likeness (QED) is 0.343. The van der Waals surface area contributed by atoms with E-state index in [0.29, 0.717) is 23.0 Å². The predicted molar refractivity (Wildman–Crippen MR) is 126 cm³/mol. The van der Waals surface area contributed by atoms with Crippen LogP contribution in [-0.2, 0) is 0 Å². The molecule has 0 spiro atoms. The third-order valence-electron chi connectivity index (χ3n) is 5.18. The SMILES string of the molecule is N#Cc1cc(-c2nc(-c3ccccc3)nc(-c3ccccc3)n2)ccc1-c1ccccc1. The standard InChI is InChI=1S/C28H18N4/c29-19-24-18-23(16-17-25(24)20-10-4-1-5-11-20)28-31-26(21-12-6-2-7-13-21)30-27(32-28)22-14-8-3-9-15-22/h1-18H. The van der Waals surface area contributed by atoms with Crippen molar-refractivity contribution in [2.45, 2.75) is 0 Å². The Morgan fingerprint density at radius 2 is 0.906 bits per heavy atom. The third-order valence-corrected chi connectivity index (χ3v) is 5.18. The van der Waals surface area contributed by atoms with Gasteiger partial charge in [0.25, 0.3) is 0 Å². The van der Waals surface area contributed by atoms with Gasteiger partial charge in [0.2, 0.25) is 0 Å². The van der Waals surface area contributed by atoms with E-state index in [-0.39, 0.29) is 0 Å². The summed E-state index contributed by atoms with van der Waals surface area (Å²) >= 11 is 0. The van der Waals surface area contributed by atoms with Crippen molar-refractivity contribution in [2.75, 3.05) is 0 Å². The Kier molecular flexibility index (Phi) is 5.22. The van der Waals surface area contributed by atoms with Gasteiger partial charge in [0, 0.05) is 16.7 Å². The number of hydrogen-bond donors (Lipinski definition) is 0. The third kappa shape index (κ3) is 3.88. The van der Waals surface area contributed by atoms with Gasteiger partial charge < -0.3 is 0 Å². The second-order valence-electron chi connectivity index (χ2n) is 7.28. The minimum absolute atomic E-state index is 0.536. The Morgan fingerprint density at radius 3 is 1.38 bits per heavy atom. The highest BCUT2D eigenvalue weighted by Gasteiger charge is 2.14. The van der Waals surface area contributed by atoms with Crippen molar-refractivity contribution in [1.82, 2.24) is 15.0 Å². The van der Waals surface area contributed by atoms with Crippen LogP contribution in [0.25, 0.3) is 45.3 Å². The summed E-state index contributed by atoms with van der Waals surface area (Å²) in [4.78, 5) is 14.2. The molecule has 150 valence electrons. The molecule has 0 unspecified atom stereocenters. The molecule has 0 saturated heterocycles. The maximum Gasteiger partial charge on any atom is 0.164 e. The number of benzene rings is 4. The van der Waals surface area contributed by atoms with Crippen LogP contribution in [0.3, 0.4) is 0 Å². The maximum absolute atomic E-state index is 9.81. The number of nitrogens with zero attached hydrogens (tertiary/aromatic N) is 4. The van der Waals surface area contributed by atoms with E-state index in [9.17, 15) is 5.26 Å². The highest BCUT2D eigenvalue weighted by Crippen LogP contribution is 2.29. The first-order chi connectivity index (χ1) is 15.8. The Labute approximate surface area is 186 Å². The lowest BCUT2D eigenvalue weighted by molar-refractivity contribution is 1.07. The minimum Gasteiger partial charge on any atom is -0.208 e. The molecular formula is C28H18N4. The zero-order chi connectivity index (χ0) is 21.8. The first kappa shape index (κ1) is 19.3. The molecule has 32 heavy (non-hydrogen) atoms. The van der Waals surface area contributed by atoms with Crippen molar-refractivity contribution in [2.24, 2.45) is 0 Å². The van der Waals surface area contributed by atoms with E-state index >= 15 is 0 Å². The maximum atomic E-state index is 9.81. The van der Waals surface area contributed by atoms with Gasteiger partial charge in [-0.05, 0) is 17.2 Å². The van der Waals surface area contributed by atoms with E-state index in [2.05, 4.69) is 6.07 Å². The van der Waals surface area contributed by atoms with Gasteiger partial charge in [-0.15, -0.1) is 0 Å². The molecule has 0 N–H and O–H groups in total. The summed E-state index contributed by atoms with van der Waals surface area (Å²) in [5.41, 5.74) is 5.07. The number of nitriles is 1. The molecule has 4 aromatic carbocycles. The van der Waals surface area contributed by atoms with Crippen LogP contribution < -0.4 is 0 Å². The lowest BCUT2D eigenvalue weighted by Crippen LogP contribution is -2.00. The van der Waals surface area contributed by atoms with Crippen molar-refractivity contribution in [3.8, 4) is 51.4 Å². The highest BCUT2D eigenvalue weighted by atomic mass is 15.0. The molecule has 4 heteroatoms. The Hall–Kier alpha value is -4.62. The summed E-state index contributed by atoms with van der Waals surface area (Å²) in [6, 6.07) is 37.7. The molecule has 0 amide bonds. The zero-order valence-corrected chi connectivity index (χ0v) is 17.2. The topological polar surface area (TPSA) is 62.5 Å². The molecule has 0 aliphatic carbocycles. The first-order valence-corrected chi connectivity index (χ1v) is 10.3. The average molecular weight is 410 g/mol. The van der Waals surface area contributed by atoms with Crippen molar-refractivity contribution < 1.29 is 0 Å². The molecule has 1 aromatic heterocycles. The molecule has 0 radical (unpaired) electrons. The van der Waals surface area contributed by atoms with Crippen LogP contribution in [0.4, 0.5) is 0 Å². The molecule has 5 aromatic rings. The number of rotatable bonds is 4. The van der Waals surface area contributed by atoms with Crippen LogP contribution in [-0.4, -0.2) is 15.0 Å². The molecule has 0 saturated carbocycles. The molecule has 0 fully saturated rings. The van der Waals surface area contributed by atoms with Crippen LogP contribution in [0.15, 0.2) is 109 Å². The fourth-order valence-corrected chi connectivity index (χ4v) is 3.58. The molecule has 0 aliphatic rings. The van der Waals surface area contributed by atoms with E-state index in [1.807, 2.05) is 109 Å². The minimum atomic E-state index is 0.536. The second kappa shape index (κ2) is 8.63. The Balaban J connectivity index is 1.67. The molecule has 0 aliphatic heterocycles. The summed E-state index contributed by atoms with van der Waals surface area (Å²) in [7, 11) is 0. The summed E-state index contributed by atoms with van der Waals surface area (Å²) < 4.78 is 0. The summed E-state index contributed by atoms with van der Waals surface area (Å²) in [6.07, 6.45) is 0. The van der Waals surface area contributed by atoms with Gasteiger partial charge in [-0.25, -0.2) is 15.0 Å². The van der Waals surface area contributed by atoms with Crippen LogP contribution >= 0.6 is 0 Å². The summed E-state index contributed by atoms with van der Waals surface area (Å²) in [5, 5.41) is 9.81. The molecule has 1 heterocycles. The van der Waals surface area contributed by atoms with E-state index in [1.165, 1.54) is 0 Å². The van der Waals surface area contributed by atoms with Crippen LogP contribution in [0.5, 0.6) is 0 Å². The average Bonchev–Trinajstić information content (AvgIpc) is 2.89. The van der Waals surface area contributed by atoms with Gasteiger partial charge in [0.15, 0.2) is 17.5 Å². The monoisotopic (exact) mass is 410 g/mol. The fourth-order valence-electron chi connectivity index (χ4n) is 3.58. The largest absolute Gasteiger partial charge is 0.208 e. The lowest BCUT2D eigenvalue weighted by atomic mass is 9.98. The number of aromatic nitrogens is 3. The van der Waals surface area contributed by atoms with Gasteiger partial charge in [-0.3, -0.25) is 0 Å². The molecule has 5 rings (SSSR count). The van der Waals surface area contributed by atoms with Gasteiger partial charge in [-0.1, -0.05) is 103 Å². The predicted octanol–water partition coefficient (Wildman–Crippen LogP) is 6.41. The molecule has 0 bridgehead atoms. The molecular weight excluding hydrogens is 392 g/mol. The molecule has 0 atom stereocenters. The highest BCUT2D eigenvalue weighted by molar-refractivity contribution is 5.75. The van der Waals surface area contributed by atoms with Gasteiger partial charge in [0.1, 0.15) is 0 Å². The summed E-state index contributed by atoms with van der Waals surface area (Å²) in [5.74, 6) is 1.73. The second-order valence-corrected chi connectivity index (χ2v) is 7.28. The first-order valence-electron chi connectivity index (χ1n) is 10.3. The van der Waals surface area contributed by atoms with Gasteiger partial charge in [-0.2, -0.15) is 5.26 Å². The number of hydrogen-bond acceptors (Lipinski definition) is 4. The van der Waals surface area contributed by atoms with E-state index in [0.717, 1.165) is 27.8 Å². The molecule has 4 nitrogen and oxygen atoms in total. The van der Waals surface area contributed by atoms with Gasteiger partial charge >= 0.3 is 0 Å². The normalized spacial score (nSPS) is 10.5. The lowest BCUT2D eigenvalue weighted by Gasteiger charge is -2.10. The van der Waals surface area contributed by atoms with E-state index in [1.54, 1.807) is 0 Å².